The van der Waals surface area contributed by atoms with Gasteiger partial charge in [-0.3, -0.25) is 9.59 Å². The van der Waals surface area contributed by atoms with Crippen molar-refractivity contribution in [1.29, 1.82) is 0 Å². The van der Waals surface area contributed by atoms with Crippen LogP contribution in [0.15, 0.2) is 0 Å². The van der Waals surface area contributed by atoms with Crippen LogP contribution in [0.4, 0.5) is 0 Å². The van der Waals surface area contributed by atoms with E-state index in [1.807, 2.05) is 0 Å². The van der Waals surface area contributed by atoms with Crippen LogP contribution in [-0.2, 0) is 14.3 Å². The van der Waals surface area contributed by atoms with E-state index in [1.54, 1.807) is 6.92 Å². The van der Waals surface area contributed by atoms with Gasteiger partial charge >= 0.3 is 5.97 Å². The number of ketones is 1. The van der Waals surface area contributed by atoms with Gasteiger partial charge in [-0.25, -0.2) is 0 Å². The molecule has 0 aliphatic heterocycles. The summed E-state index contributed by atoms with van der Waals surface area (Å²) < 4.78 is 4.87. The fraction of sp³-hybridized carbons (Fsp3) is 0.867. The zero-order chi connectivity index (χ0) is 14.8. The van der Waals surface area contributed by atoms with Crippen molar-refractivity contribution in [3.05, 3.63) is 0 Å². The maximum Gasteiger partial charge on any atom is 0.312 e. The average molecular weight is 282 g/mol. The Bertz CT molecular complexity index is 475. The second-order valence-electron chi connectivity index (χ2n) is 7.06. The monoisotopic (exact) mass is 282 g/mol. The molecule has 0 unspecified atom stereocenters. The van der Waals surface area contributed by atoms with Crippen molar-refractivity contribution in [1.82, 2.24) is 0 Å². The number of rotatable bonds is 1. The molecule has 0 aromatic carbocycles. The molecule has 1 spiro atoms. The van der Waals surface area contributed by atoms with Gasteiger partial charge in [0, 0.05) is 11.8 Å². The Morgan fingerprint density at radius 2 is 2.00 bits per heavy atom. The lowest BCUT2D eigenvalue weighted by Crippen LogP contribution is -2.74. The number of ether oxygens (including phenoxy) is 1. The molecule has 4 aliphatic rings. The molecule has 0 saturated heterocycles. The highest BCUT2D eigenvalue weighted by molar-refractivity contribution is 5.93. The second-order valence-corrected chi connectivity index (χ2v) is 7.06. The summed E-state index contributed by atoms with van der Waals surface area (Å²) in [4.78, 5) is 24.6. The summed E-state index contributed by atoms with van der Waals surface area (Å²) in [6.07, 6.45) is 2.51. The molecular formula is C15H22O5. The first-order valence-electron chi connectivity index (χ1n) is 7.32. The second kappa shape index (κ2) is 4.04. The first-order valence-corrected chi connectivity index (χ1v) is 7.32. The number of aliphatic hydroxyl groups excluding tert-OH is 1. The molecule has 0 radical (unpaired) electrons. The minimum atomic E-state index is -1.22. The number of carbonyl (C=O) groups excluding carboxylic acids is 2. The smallest absolute Gasteiger partial charge is 0.312 e. The highest BCUT2D eigenvalue weighted by Crippen LogP contribution is 2.66. The van der Waals surface area contributed by atoms with Crippen LogP contribution in [0.25, 0.3) is 0 Å². The molecule has 4 aliphatic carbocycles. The summed E-state index contributed by atoms with van der Waals surface area (Å²) in [6, 6.07) is 0. The SMILES string of the molecule is COC(=O)[C@]1(C)C[C@]23CCCC[C@]2(O)[C@@H](O)[C@H]1C(=O)C3. The van der Waals surface area contributed by atoms with E-state index in [9.17, 15) is 19.8 Å². The predicted molar refractivity (Wildman–Crippen MR) is 69.7 cm³/mol. The first-order chi connectivity index (χ1) is 9.31. The van der Waals surface area contributed by atoms with Gasteiger partial charge in [0.05, 0.1) is 30.1 Å². The fourth-order valence-electron chi connectivity index (χ4n) is 5.19. The van der Waals surface area contributed by atoms with Crippen molar-refractivity contribution in [3.8, 4) is 0 Å². The quantitative estimate of drug-likeness (QED) is 0.695. The van der Waals surface area contributed by atoms with Gasteiger partial charge in [-0.05, 0) is 26.2 Å². The number of carbonyl (C=O) groups is 2. The largest absolute Gasteiger partial charge is 0.469 e. The van der Waals surface area contributed by atoms with E-state index in [0.29, 0.717) is 19.3 Å². The van der Waals surface area contributed by atoms with Crippen molar-refractivity contribution in [2.45, 2.75) is 57.2 Å². The minimum Gasteiger partial charge on any atom is -0.469 e. The van der Waals surface area contributed by atoms with E-state index in [4.69, 9.17) is 4.74 Å². The summed E-state index contributed by atoms with van der Waals surface area (Å²) in [5.74, 6) is -1.41. The van der Waals surface area contributed by atoms with Crippen LogP contribution in [0.5, 0.6) is 0 Å². The number of hydrogen-bond acceptors (Lipinski definition) is 5. The van der Waals surface area contributed by atoms with Crippen LogP contribution in [-0.4, -0.2) is 40.8 Å². The summed E-state index contributed by atoms with van der Waals surface area (Å²) >= 11 is 0. The van der Waals surface area contributed by atoms with Crippen LogP contribution in [0.2, 0.25) is 0 Å². The molecule has 5 heteroatoms. The average Bonchev–Trinajstić information content (AvgIpc) is 2.39. The molecule has 0 amide bonds. The summed E-state index contributed by atoms with van der Waals surface area (Å²) in [5.41, 5.74) is -2.91. The van der Waals surface area contributed by atoms with Gasteiger partial charge < -0.3 is 14.9 Å². The molecule has 5 nitrogen and oxygen atoms in total. The Morgan fingerprint density at radius 1 is 1.35 bits per heavy atom. The maximum atomic E-state index is 12.4. The van der Waals surface area contributed by atoms with Crippen LogP contribution in [0.1, 0.15) is 45.4 Å². The molecule has 0 heterocycles. The maximum absolute atomic E-state index is 12.4. The van der Waals surface area contributed by atoms with Gasteiger partial charge in [-0.1, -0.05) is 12.8 Å². The Labute approximate surface area is 118 Å². The third kappa shape index (κ3) is 1.40. The molecule has 0 aromatic heterocycles. The molecule has 20 heavy (non-hydrogen) atoms. The molecule has 4 saturated carbocycles. The van der Waals surface area contributed by atoms with Crippen molar-refractivity contribution >= 4 is 11.8 Å². The molecule has 4 rings (SSSR count). The number of Topliss-reactive ketones (excluding diaryl/α,β-unsaturated/α-hetero) is 1. The highest BCUT2D eigenvalue weighted by Gasteiger charge is 2.73. The molecule has 2 bridgehead atoms. The van der Waals surface area contributed by atoms with Crippen LogP contribution in [0.3, 0.4) is 0 Å². The fourth-order valence-corrected chi connectivity index (χ4v) is 5.19. The zero-order valence-electron chi connectivity index (χ0n) is 12.0. The van der Waals surface area contributed by atoms with E-state index in [1.165, 1.54) is 7.11 Å². The number of aliphatic hydroxyl groups is 2. The normalized spacial score (nSPS) is 50.7. The molecule has 0 aromatic rings. The Kier molecular flexibility index (Phi) is 2.83. The Morgan fingerprint density at radius 3 is 2.65 bits per heavy atom. The van der Waals surface area contributed by atoms with E-state index < -0.39 is 34.4 Å². The summed E-state index contributed by atoms with van der Waals surface area (Å²) in [7, 11) is 1.30. The number of fused-ring (bicyclic) bond motifs is 2. The predicted octanol–water partition coefficient (Wildman–Crippen LogP) is 0.811. The lowest BCUT2D eigenvalue weighted by atomic mass is 9.40. The first kappa shape index (κ1) is 14.0. The molecular weight excluding hydrogens is 260 g/mol. The van der Waals surface area contributed by atoms with Gasteiger partial charge in [0.25, 0.3) is 0 Å². The van der Waals surface area contributed by atoms with Crippen LogP contribution >= 0.6 is 0 Å². The van der Waals surface area contributed by atoms with E-state index in [2.05, 4.69) is 0 Å². The summed E-state index contributed by atoms with van der Waals surface area (Å²) in [6.45, 7) is 1.69. The number of methoxy groups -OCH3 is 1. The lowest BCUT2D eigenvalue weighted by Gasteiger charge is -2.65. The summed E-state index contributed by atoms with van der Waals surface area (Å²) in [5, 5.41) is 21.6. The number of hydrogen-bond donors (Lipinski definition) is 2. The minimum absolute atomic E-state index is 0.108. The highest BCUT2D eigenvalue weighted by atomic mass is 16.5. The van der Waals surface area contributed by atoms with E-state index >= 15 is 0 Å². The molecule has 5 atom stereocenters. The van der Waals surface area contributed by atoms with Gasteiger partial charge in [0.15, 0.2) is 0 Å². The topological polar surface area (TPSA) is 83.8 Å². The van der Waals surface area contributed by atoms with Crippen molar-refractivity contribution in [3.63, 3.8) is 0 Å². The van der Waals surface area contributed by atoms with Gasteiger partial charge in [-0.2, -0.15) is 0 Å². The standard InChI is InChI=1S/C15H22O5/c1-13(12(18)20-2)8-14-5-3-4-6-15(14,19)11(17)10(13)9(16)7-14/h10-11,17,19H,3-8H2,1-2H3/t10-,11+,13-,14-,15+/m1/s1. The Hall–Kier alpha value is -0.940. The van der Waals surface area contributed by atoms with Crippen molar-refractivity contribution < 1.29 is 24.5 Å². The van der Waals surface area contributed by atoms with Gasteiger partial charge in [-0.15, -0.1) is 0 Å². The third-order valence-electron chi connectivity index (χ3n) is 6.09. The van der Waals surface area contributed by atoms with E-state index in [0.717, 1.165) is 12.8 Å². The Balaban J connectivity index is 2.12. The van der Waals surface area contributed by atoms with Crippen LogP contribution < -0.4 is 0 Å². The van der Waals surface area contributed by atoms with Gasteiger partial charge in [0.1, 0.15) is 5.78 Å². The van der Waals surface area contributed by atoms with Crippen molar-refractivity contribution in [2.75, 3.05) is 7.11 Å². The van der Waals surface area contributed by atoms with Gasteiger partial charge in [0.2, 0.25) is 0 Å². The zero-order valence-corrected chi connectivity index (χ0v) is 12.0. The molecule has 2 N–H and O–H groups in total. The third-order valence-corrected chi connectivity index (χ3v) is 6.09. The van der Waals surface area contributed by atoms with Crippen molar-refractivity contribution in [2.24, 2.45) is 16.7 Å². The van der Waals surface area contributed by atoms with E-state index in [-0.39, 0.29) is 12.2 Å². The van der Waals surface area contributed by atoms with Crippen LogP contribution in [0, 0.1) is 16.7 Å². The number of esters is 1. The lowest BCUT2D eigenvalue weighted by molar-refractivity contribution is -0.270. The molecule has 4 fully saturated rings. The molecule has 112 valence electrons.